The number of hydrogen-bond donors (Lipinski definition) is 2. The number of ether oxygens (including phenoxy) is 4. The van der Waals surface area contributed by atoms with E-state index in [2.05, 4.69) is 0 Å². The predicted molar refractivity (Wildman–Crippen MR) is 133 cm³/mol. The first-order chi connectivity index (χ1) is 18.0. The summed E-state index contributed by atoms with van der Waals surface area (Å²) < 4.78 is 23.7. The minimum Gasteiger partial charge on any atom is -0.456 e. The SMILES string of the molecule is CC1=C/C(=C/[C@H](C)C(=O)[C@@]2(C)CC[C@]34C[C@]56OC(=O)C[C@H]5OC(C)(C)[C@@H]6CC[C@@]3(O)C(=O)[C@](O)(C2)O4)OC1=O. The first kappa shape index (κ1) is 26.8. The van der Waals surface area contributed by atoms with Gasteiger partial charge in [0.25, 0.3) is 0 Å². The number of carbonyl (C=O) groups is 4. The van der Waals surface area contributed by atoms with Gasteiger partial charge in [0.05, 0.1) is 12.0 Å². The van der Waals surface area contributed by atoms with Gasteiger partial charge in [-0.15, -0.1) is 0 Å². The fourth-order valence-electron chi connectivity index (χ4n) is 8.50. The van der Waals surface area contributed by atoms with Crippen LogP contribution in [0.25, 0.3) is 0 Å². The Kier molecular flexibility index (Phi) is 5.41. The van der Waals surface area contributed by atoms with E-state index in [0.29, 0.717) is 12.0 Å². The lowest BCUT2D eigenvalue weighted by molar-refractivity contribution is -0.245. The maximum absolute atomic E-state index is 13.9. The second-order valence-electron chi connectivity index (χ2n) is 13.4. The molecule has 5 heterocycles. The van der Waals surface area contributed by atoms with Crippen molar-refractivity contribution < 1.29 is 48.3 Å². The highest BCUT2D eigenvalue weighted by Gasteiger charge is 2.79. The monoisotopic (exact) mass is 544 g/mol. The van der Waals surface area contributed by atoms with Crippen molar-refractivity contribution in [3.05, 3.63) is 23.5 Å². The Morgan fingerprint density at radius 2 is 1.82 bits per heavy atom. The van der Waals surface area contributed by atoms with Gasteiger partial charge in [0, 0.05) is 35.7 Å². The zero-order valence-corrected chi connectivity index (χ0v) is 23.0. The summed E-state index contributed by atoms with van der Waals surface area (Å²) in [5, 5.41) is 23.7. The molecule has 0 radical (unpaired) electrons. The summed E-state index contributed by atoms with van der Waals surface area (Å²) in [6.07, 6.45) is 2.94. The summed E-state index contributed by atoms with van der Waals surface area (Å²) in [5.74, 6) is -5.06. The van der Waals surface area contributed by atoms with Crippen molar-refractivity contribution in [2.45, 2.75) is 114 Å². The Morgan fingerprint density at radius 1 is 1.10 bits per heavy atom. The molecule has 2 bridgehead atoms. The smallest absolute Gasteiger partial charge is 0.339 e. The number of fused-ring (bicyclic) bond motifs is 1. The second-order valence-corrected chi connectivity index (χ2v) is 13.4. The van der Waals surface area contributed by atoms with Gasteiger partial charge in [-0.2, -0.15) is 0 Å². The molecule has 5 fully saturated rings. The van der Waals surface area contributed by atoms with Gasteiger partial charge in [-0.3, -0.25) is 14.4 Å². The van der Waals surface area contributed by atoms with E-state index in [1.807, 2.05) is 13.8 Å². The van der Waals surface area contributed by atoms with Crippen LogP contribution in [-0.2, 0) is 38.1 Å². The molecule has 0 aromatic rings. The number of rotatable bonds is 3. The van der Waals surface area contributed by atoms with Crippen molar-refractivity contribution in [2.75, 3.05) is 0 Å². The molecule has 1 saturated carbocycles. The zero-order valence-electron chi connectivity index (χ0n) is 23.0. The summed E-state index contributed by atoms with van der Waals surface area (Å²) in [4.78, 5) is 52.0. The van der Waals surface area contributed by atoms with E-state index >= 15 is 0 Å². The zero-order chi connectivity index (χ0) is 28.4. The minimum atomic E-state index is -2.39. The lowest BCUT2D eigenvalue weighted by atomic mass is 9.63. The first-order valence-electron chi connectivity index (χ1n) is 13.8. The van der Waals surface area contributed by atoms with E-state index in [9.17, 15) is 29.4 Å². The fourth-order valence-corrected chi connectivity index (χ4v) is 8.50. The van der Waals surface area contributed by atoms with Crippen LogP contribution in [0.2, 0.25) is 0 Å². The van der Waals surface area contributed by atoms with Crippen LogP contribution in [0.15, 0.2) is 23.5 Å². The van der Waals surface area contributed by atoms with Crippen LogP contribution in [-0.4, -0.2) is 68.0 Å². The van der Waals surface area contributed by atoms with Crippen molar-refractivity contribution in [1.82, 2.24) is 0 Å². The Balaban J connectivity index is 1.36. The standard InChI is InChI=1S/C29H36O10/c1-15(10-17-11-16(2)22(32)36-17)21(31)25(5)8-9-26-14-27-18(24(3,4)37-19(27)12-20(30)38-27)6-7-28(26,34)23(33)29(35,13-25)39-26/h10-11,15,18-19,34-35H,6-9,12-14H2,1-5H3/b17-10-/t15-,18-,19+,25-,26-,27+,28+,29-/m0/s1. The van der Waals surface area contributed by atoms with Gasteiger partial charge < -0.3 is 29.2 Å². The summed E-state index contributed by atoms with van der Waals surface area (Å²) in [6.45, 7) is 8.83. The second kappa shape index (κ2) is 7.87. The van der Waals surface area contributed by atoms with E-state index in [-0.39, 0.29) is 56.0 Å². The number of carbonyl (C=O) groups excluding carboxylic acids is 4. The summed E-state index contributed by atoms with van der Waals surface area (Å²) >= 11 is 0. The van der Waals surface area contributed by atoms with Gasteiger partial charge >= 0.3 is 11.9 Å². The van der Waals surface area contributed by atoms with Gasteiger partial charge in [-0.05, 0) is 58.6 Å². The lowest BCUT2D eigenvalue weighted by Gasteiger charge is -2.43. The highest BCUT2D eigenvalue weighted by Crippen LogP contribution is 2.65. The maximum Gasteiger partial charge on any atom is 0.339 e. The molecule has 8 atom stereocenters. The largest absolute Gasteiger partial charge is 0.456 e. The molecule has 2 spiro atoms. The summed E-state index contributed by atoms with van der Waals surface area (Å²) in [5.41, 5.74) is -6.11. The molecule has 212 valence electrons. The molecule has 5 aliphatic heterocycles. The van der Waals surface area contributed by atoms with Crippen LogP contribution >= 0.6 is 0 Å². The van der Waals surface area contributed by atoms with Crippen molar-refractivity contribution in [3.8, 4) is 0 Å². The summed E-state index contributed by atoms with van der Waals surface area (Å²) in [6, 6.07) is 0. The molecule has 6 aliphatic rings. The fraction of sp³-hybridized carbons (Fsp3) is 0.724. The molecule has 0 amide bonds. The summed E-state index contributed by atoms with van der Waals surface area (Å²) in [7, 11) is 0. The maximum atomic E-state index is 13.9. The number of hydrogen-bond acceptors (Lipinski definition) is 10. The average Bonchev–Trinajstić information content (AvgIpc) is 3.35. The number of Topliss-reactive ketones (excluding diaryl/α,β-unsaturated/α-hetero) is 2. The van der Waals surface area contributed by atoms with E-state index in [0.717, 1.165) is 0 Å². The third kappa shape index (κ3) is 3.47. The van der Waals surface area contributed by atoms with Gasteiger partial charge in [0.2, 0.25) is 11.6 Å². The van der Waals surface area contributed by atoms with Gasteiger partial charge in [-0.25, -0.2) is 4.79 Å². The molecule has 0 aromatic heterocycles. The van der Waals surface area contributed by atoms with E-state index in [4.69, 9.17) is 18.9 Å². The van der Waals surface area contributed by atoms with Gasteiger partial charge in [-0.1, -0.05) is 13.8 Å². The van der Waals surface area contributed by atoms with Crippen LogP contribution in [0.3, 0.4) is 0 Å². The quantitative estimate of drug-likeness (QED) is 0.507. The number of cyclic esters (lactones) is 1. The van der Waals surface area contributed by atoms with Crippen LogP contribution in [0, 0.1) is 17.3 Å². The molecule has 10 heteroatoms. The molecule has 39 heavy (non-hydrogen) atoms. The molecule has 1 aliphatic carbocycles. The lowest BCUT2D eigenvalue weighted by Crippen LogP contribution is -2.59. The highest BCUT2D eigenvalue weighted by atomic mass is 16.7. The molecule has 2 N–H and O–H groups in total. The average molecular weight is 545 g/mol. The molecular formula is C29H36O10. The number of allylic oxidation sites excluding steroid dienone is 2. The minimum absolute atomic E-state index is 0.0149. The Morgan fingerprint density at radius 3 is 2.49 bits per heavy atom. The van der Waals surface area contributed by atoms with Crippen LogP contribution in [0.4, 0.5) is 0 Å². The van der Waals surface area contributed by atoms with Crippen LogP contribution in [0.1, 0.15) is 79.6 Å². The van der Waals surface area contributed by atoms with Crippen LogP contribution in [0.5, 0.6) is 0 Å². The topological polar surface area (TPSA) is 146 Å². The normalized spacial score (nSPS) is 47.9. The number of esters is 2. The molecule has 4 saturated heterocycles. The number of ketones is 2. The Bertz CT molecular complexity index is 1260. The highest BCUT2D eigenvalue weighted by molar-refractivity contribution is 5.99. The molecule has 0 aromatic carbocycles. The van der Waals surface area contributed by atoms with E-state index in [1.54, 1.807) is 32.9 Å². The number of aliphatic hydroxyl groups is 2. The molecule has 0 unspecified atom stereocenters. The molecular weight excluding hydrogens is 508 g/mol. The van der Waals surface area contributed by atoms with Gasteiger partial charge in [0.15, 0.2) is 5.60 Å². The van der Waals surface area contributed by atoms with Crippen molar-refractivity contribution in [3.63, 3.8) is 0 Å². The predicted octanol–water partition coefficient (Wildman–Crippen LogP) is 2.19. The Labute approximate surface area is 226 Å². The van der Waals surface area contributed by atoms with Gasteiger partial charge in [0.1, 0.15) is 28.8 Å². The van der Waals surface area contributed by atoms with Crippen molar-refractivity contribution >= 4 is 23.5 Å². The van der Waals surface area contributed by atoms with E-state index in [1.165, 1.54) is 0 Å². The van der Waals surface area contributed by atoms with Crippen molar-refractivity contribution in [2.24, 2.45) is 17.3 Å². The van der Waals surface area contributed by atoms with E-state index < -0.39 is 63.4 Å². The third-order valence-electron chi connectivity index (χ3n) is 10.3. The molecule has 10 nitrogen and oxygen atoms in total. The Hall–Kier alpha value is -2.40. The van der Waals surface area contributed by atoms with Crippen molar-refractivity contribution in [1.29, 1.82) is 0 Å². The first-order valence-corrected chi connectivity index (χ1v) is 13.8. The third-order valence-corrected chi connectivity index (χ3v) is 10.3. The van der Waals surface area contributed by atoms with Crippen LogP contribution < -0.4 is 0 Å². The molecule has 6 rings (SSSR count).